The van der Waals surface area contributed by atoms with Crippen LogP contribution < -0.4 is 5.32 Å². The number of amides is 2. The second kappa shape index (κ2) is 8.10. The van der Waals surface area contributed by atoms with Crippen LogP contribution in [0.2, 0.25) is 0 Å². The Hall–Kier alpha value is -2.89. The van der Waals surface area contributed by atoms with E-state index in [0.29, 0.717) is 11.4 Å². The molecule has 1 N–H and O–H groups in total. The molecule has 0 spiro atoms. The van der Waals surface area contributed by atoms with Crippen molar-refractivity contribution in [2.75, 3.05) is 11.9 Å². The van der Waals surface area contributed by atoms with E-state index in [1.54, 1.807) is 18.2 Å². The van der Waals surface area contributed by atoms with Gasteiger partial charge in [0.2, 0.25) is 11.8 Å². The monoisotopic (exact) mass is 330 g/mol. The summed E-state index contributed by atoms with van der Waals surface area (Å²) < 4.78 is 18.0. The fourth-order valence-corrected chi connectivity index (χ4v) is 2.04. The van der Waals surface area contributed by atoms with Gasteiger partial charge in [-0.25, -0.2) is 4.39 Å². The number of nitrogens with zero attached hydrogens (tertiary/aromatic N) is 1. The van der Waals surface area contributed by atoms with Gasteiger partial charge in [-0.05, 0) is 56.3 Å². The number of carbonyl (C=O) groups excluding carboxylic acids is 2. The highest BCUT2D eigenvalue weighted by atomic mass is 19.1. The summed E-state index contributed by atoms with van der Waals surface area (Å²) in [5.41, 5.74) is 0.476. The Morgan fingerprint density at radius 2 is 1.96 bits per heavy atom. The highest BCUT2D eigenvalue weighted by molar-refractivity contribution is 5.98. The first-order valence-electron chi connectivity index (χ1n) is 7.53. The summed E-state index contributed by atoms with van der Waals surface area (Å²) in [5, 5.41) is 2.64. The molecule has 1 aromatic carbocycles. The number of carbonyl (C=O) groups is 2. The van der Waals surface area contributed by atoms with Crippen LogP contribution in [0.3, 0.4) is 0 Å². The van der Waals surface area contributed by atoms with Crippen LogP contribution in [0.4, 0.5) is 10.1 Å². The Bertz CT molecular complexity index is 706. The predicted octanol–water partition coefficient (Wildman–Crippen LogP) is 3.31. The van der Waals surface area contributed by atoms with Gasteiger partial charge in [0.05, 0.1) is 6.26 Å². The summed E-state index contributed by atoms with van der Waals surface area (Å²) >= 11 is 0. The maximum Gasteiger partial charge on any atom is 0.247 e. The SMILES string of the molecule is CC(C)N(CC(=O)Nc1ccc(F)cc1)C(=O)/C=C/c1ccco1. The number of nitrogens with one attached hydrogen (secondary N) is 1. The maximum atomic E-state index is 12.9. The Balaban J connectivity index is 1.98. The van der Waals surface area contributed by atoms with E-state index in [1.165, 1.54) is 41.5 Å². The quantitative estimate of drug-likeness (QED) is 0.827. The minimum absolute atomic E-state index is 0.101. The molecule has 6 heteroatoms. The van der Waals surface area contributed by atoms with Gasteiger partial charge in [-0.3, -0.25) is 9.59 Å². The van der Waals surface area contributed by atoms with Crippen molar-refractivity contribution in [3.8, 4) is 0 Å². The third-order valence-electron chi connectivity index (χ3n) is 3.28. The number of furan rings is 1. The van der Waals surface area contributed by atoms with E-state index in [9.17, 15) is 14.0 Å². The first-order chi connectivity index (χ1) is 11.5. The summed E-state index contributed by atoms with van der Waals surface area (Å²) in [6.07, 6.45) is 4.43. The van der Waals surface area contributed by atoms with Crippen LogP contribution in [0.15, 0.2) is 53.2 Å². The molecule has 0 saturated carbocycles. The van der Waals surface area contributed by atoms with Crippen LogP contribution in [-0.4, -0.2) is 29.3 Å². The van der Waals surface area contributed by atoms with E-state index in [1.807, 2.05) is 13.8 Å². The van der Waals surface area contributed by atoms with Crippen LogP contribution in [-0.2, 0) is 9.59 Å². The van der Waals surface area contributed by atoms with Crippen molar-refractivity contribution >= 4 is 23.6 Å². The summed E-state index contributed by atoms with van der Waals surface area (Å²) in [6, 6.07) is 8.74. The van der Waals surface area contributed by atoms with Crippen molar-refractivity contribution in [3.63, 3.8) is 0 Å². The largest absolute Gasteiger partial charge is 0.465 e. The van der Waals surface area contributed by atoms with Crippen molar-refractivity contribution in [1.29, 1.82) is 0 Å². The predicted molar refractivity (Wildman–Crippen MR) is 89.6 cm³/mol. The van der Waals surface area contributed by atoms with Crippen LogP contribution in [0, 0.1) is 5.82 Å². The lowest BCUT2D eigenvalue weighted by Crippen LogP contribution is -2.41. The highest BCUT2D eigenvalue weighted by Gasteiger charge is 2.18. The van der Waals surface area contributed by atoms with E-state index in [4.69, 9.17) is 4.42 Å². The molecule has 0 atom stereocenters. The average molecular weight is 330 g/mol. The smallest absolute Gasteiger partial charge is 0.247 e. The zero-order valence-corrected chi connectivity index (χ0v) is 13.5. The van der Waals surface area contributed by atoms with Gasteiger partial charge in [0.1, 0.15) is 18.1 Å². The topological polar surface area (TPSA) is 62.6 Å². The zero-order chi connectivity index (χ0) is 17.5. The fourth-order valence-electron chi connectivity index (χ4n) is 2.04. The standard InChI is InChI=1S/C18H19FN2O3/c1-13(2)21(18(23)10-9-16-4-3-11-24-16)12-17(22)20-15-7-5-14(19)6-8-15/h3-11,13H,12H2,1-2H3,(H,20,22)/b10-9+. The van der Waals surface area contributed by atoms with Crippen LogP contribution >= 0.6 is 0 Å². The van der Waals surface area contributed by atoms with E-state index < -0.39 is 0 Å². The van der Waals surface area contributed by atoms with Gasteiger partial charge in [-0.15, -0.1) is 0 Å². The molecular weight excluding hydrogens is 311 g/mol. The summed E-state index contributed by atoms with van der Waals surface area (Å²) in [7, 11) is 0. The second-order valence-electron chi connectivity index (χ2n) is 5.46. The van der Waals surface area contributed by atoms with Crippen molar-refractivity contribution < 1.29 is 18.4 Å². The molecule has 0 radical (unpaired) electrons. The third kappa shape index (κ3) is 5.08. The van der Waals surface area contributed by atoms with Gasteiger partial charge in [-0.1, -0.05) is 0 Å². The second-order valence-corrected chi connectivity index (χ2v) is 5.46. The first kappa shape index (κ1) is 17.5. The minimum Gasteiger partial charge on any atom is -0.465 e. The van der Waals surface area contributed by atoms with Gasteiger partial charge in [-0.2, -0.15) is 0 Å². The zero-order valence-electron chi connectivity index (χ0n) is 13.5. The van der Waals surface area contributed by atoms with E-state index in [-0.39, 0.29) is 30.2 Å². The van der Waals surface area contributed by atoms with Crippen LogP contribution in [0.1, 0.15) is 19.6 Å². The Morgan fingerprint density at radius 1 is 1.25 bits per heavy atom. The van der Waals surface area contributed by atoms with E-state index in [0.717, 1.165) is 0 Å². The Labute approximate surface area is 139 Å². The first-order valence-corrected chi connectivity index (χ1v) is 7.53. The van der Waals surface area contributed by atoms with Crippen molar-refractivity contribution in [2.24, 2.45) is 0 Å². The molecule has 1 heterocycles. The minimum atomic E-state index is -0.380. The molecule has 2 rings (SSSR count). The summed E-state index contributed by atoms with van der Waals surface area (Å²) in [5.74, 6) is -0.469. The molecule has 1 aromatic heterocycles. The van der Waals surface area contributed by atoms with E-state index >= 15 is 0 Å². The molecule has 0 aliphatic carbocycles. The fraction of sp³-hybridized carbons (Fsp3) is 0.222. The number of anilines is 1. The van der Waals surface area contributed by atoms with Gasteiger partial charge >= 0.3 is 0 Å². The molecule has 0 saturated heterocycles. The number of rotatable bonds is 6. The number of hydrogen-bond donors (Lipinski definition) is 1. The lowest BCUT2D eigenvalue weighted by Gasteiger charge is -2.24. The Morgan fingerprint density at radius 3 is 2.54 bits per heavy atom. The molecule has 0 bridgehead atoms. The molecule has 5 nitrogen and oxygen atoms in total. The lowest BCUT2D eigenvalue weighted by atomic mass is 10.2. The molecule has 24 heavy (non-hydrogen) atoms. The van der Waals surface area contributed by atoms with Crippen molar-refractivity contribution in [3.05, 3.63) is 60.3 Å². The molecule has 2 aromatic rings. The Kier molecular flexibility index (Phi) is 5.89. The molecule has 126 valence electrons. The number of halogens is 1. The molecule has 0 fully saturated rings. The van der Waals surface area contributed by atoms with Crippen LogP contribution in [0.25, 0.3) is 6.08 Å². The normalized spacial score (nSPS) is 11.0. The lowest BCUT2D eigenvalue weighted by molar-refractivity contribution is -0.132. The number of hydrogen-bond acceptors (Lipinski definition) is 3. The number of benzene rings is 1. The molecule has 0 aliphatic heterocycles. The van der Waals surface area contributed by atoms with Crippen molar-refractivity contribution in [2.45, 2.75) is 19.9 Å². The van der Waals surface area contributed by atoms with Crippen LogP contribution in [0.5, 0.6) is 0 Å². The average Bonchev–Trinajstić information content (AvgIpc) is 3.06. The third-order valence-corrected chi connectivity index (χ3v) is 3.28. The molecular formula is C18H19FN2O3. The van der Waals surface area contributed by atoms with Gasteiger partial charge in [0, 0.05) is 17.8 Å². The maximum absolute atomic E-state index is 12.9. The highest BCUT2D eigenvalue weighted by Crippen LogP contribution is 2.09. The van der Waals surface area contributed by atoms with Gasteiger partial charge in [0.15, 0.2) is 0 Å². The van der Waals surface area contributed by atoms with E-state index in [2.05, 4.69) is 5.32 Å². The summed E-state index contributed by atoms with van der Waals surface area (Å²) in [6.45, 7) is 3.55. The van der Waals surface area contributed by atoms with Crippen molar-refractivity contribution in [1.82, 2.24) is 4.90 Å². The molecule has 0 unspecified atom stereocenters. The van der Waals surface area contributed by atoms with Gasteiger partial charge in [0.25, 0.3) is 0 Å². The van der Waals surface area contributed by atoms with Gasteiger partial charge < -0.3 is 14.6 Å². The summed E-state index contributed by atoms with van der Waals surface area (Å²) in [4.78, 5) is 25.8. The molecule has 2 amide bonds. The molecule has 0 aliphatic rings.